The van der Waals surface area contributed by atoms with Gasteiger partial charge in [-0.3, -0.25) is 4.57 Å². The quantitative estimate of drug-likeness (QED) is 0.166. The molecule has 2 fully saturated rings. The van der Waals surface area contributed by atoms with Gasteiger partial charge in [-0.05, 0) is 30.0 Å². The summed E-state index contributed by atoms with van der Waals surface area (Å²) >= 11 is 6.28. The van der Waals surface area contributed by atoms with Crippen LogP contribution in [-0.4, -0.2) is 84.3 Å². The summed E-state index contributed by atoms with van der Waals surface area (Å²) in [6.07, 6.45) is 7.75. The van der Waals surface area contributed by atoms with E-state index >= 15 is 0 Å². The molecule has 3 N–H and O–H groups in total. The largest absolute Gasteiger partial charge is 0.479 e. The second-order valence-corrected chi connectivity index (χ2v) is 10.2. The van der Waals surface area contributed by atoms with Gasteiger partial charge in [0.2, 0.25) is 5.28 Å². The molecule has 0 bridgehead atoms. The number of carboxylic acids is 2. The molecule has 1 saturated heterocycles. The molecule has 2 aliphatic rings. The standard InChI is InChI=1S/C27H28ClN5O7/c1-2-17-12-20(33-15-29-21-22(30-26(28)31-23(21)33)32(10-11-34)18-8-9-18)40-19(17)14-39-27(24(35)36,25(37)38)13-16-6-4-3-5-7-16/h1,3-7,15,17-20,34H,8-14H2,(H,35,36)(H,37,38). The number of halogens is 1. The Hall–Kier alpha value is -3.76. The molecule has 3 unspecified atom stereocenters. The molecule has 1 saturated carbocycles. The van der Waals surface area contributed by atoms with E-state index in [1.54, 1.807) is 41.2 Å². The highest BCUT2D eigenvalue weighted by atomic mass is 35.5. The molecular weight excluding hydrogens is 542 g/mol. The molecule has 0 amide bonds. The fraction of sp³-hybridized carbons (Fsp3) is 0.444. The van der Waals surface area contributed by atoms with Crippen LogP contribution in [-0.2, 0) is 25.5 Å². The number of imidazole rings is 1. The number of carboxylic acid groups (broad SMARTS) is 2. The highest BCUT2D eigenvalue weighted by Crippen LogP contribution is 2.38. The van der Waals surface area contributed by atoms with Crippen molar-refractivity contribution >= 4 is 40.5 Å². The van der Waals surface area contributed by atoms with Gasteiger partial charge in [0.1, 0.15) is 6.23 Å². The number of anilines is 1. The summed E-state index contributed by atoms with van der Waals surface area (Å²) in [6, 6.07) is 8.62. The van der Waals surface area contributed by atoms with Crippen LogP contribution < -0.4 is 4.90 Å². The molecule has 0 radical (unpaired) electrons. The number of carbonyl (C=O) groups is 2. The molecule has 5 rings (SSSR count). The van der Waals surface area contributed by atoms with Gasteiger partial charge in [-0.1, -0.05) is 30.3 Å². The Morgan fingerprint density at radius 1 is 1.23 bits per heavy atom. The van der Waals surface area contributed by atoms with Crippen molar-refractivity contribution in [2.24, 2.45) is 5.92 Å². The van der Waals surface area contributed by atoms with E-state index in [0.717, 1.165) is 12.8 Å². The number of aromatic nitrogens is 4. The lowest BCUT2D eigenvalue weighted by atomic mass is 9.94. The Kier molecular flexibility index (Phi) is 7.91. The van der Waals surface area contributed by atoms with E-state index in [2.05, 4.69) is 20.9 Å². The van der Waals surface area contributed by atoms with Crippen molar-refractivity contribution in [3.05, 3.63) is 47.5 Å². The van der Waals surface area contributed by atoms with E-state index in [0.29, 0.717) is 35.5 Å². The molecule has 2 aromatic heterocycles. The van der Waals surface area contributed by atoms with Gasteiger partial charge >= 0.3 is 11.9 Å². The van der Waals surface area contributed by atoms with Crippen LogP contribution in [0.4, 0.5) is 5.82 Å². The van der Waals surface area contributed by atoms with Gasteiger partial charge in [0.15, 0.2) is 17.0 Å². The van der Waals surface area contributed by atoms with Crippen molar-refractivity contribution in [3.63, 3.8) is 0 Å². The van der Waals surface area contributed by atoms with Crippen LogP contribution in [0.5, 0.6) is 0 Å². The maximum absolute atomic E-state index is 12.2. The van der Waals surface area contributed by atoms with Gasteiger partial charge in [0.25, 0.3) is 5.60 Å². The zero-order valence-electron chi connectivity index (χ0n) is 21.4. The number of nitrogens with zero attached hydrogens (tertiary/aromatic N) is 5. The first kappa shape index (κ1) is 27.8. The monoisotopic (exact) mass is 569 g/mol. The zero-order chi connectivity index (χ0) is 28.4. The molecule has 1 aromatic carbocycles. The first-order chi connectivity index (χ1) is 19.3. The van der Waals surface area contributed by atoms with Crippen LogP contribution in [0.3, 0.4) is 0 Å². The summed E-state index contributed by atoms with van der Waals surface area (Å²) in [4.78, 5) is 39.6. The lowest BCUT2D eigenvalue weighted by Gasteiger charge is -2.27. The Morgan fingerprint density at radius 3 is 2.58 bits per heavy atom. The maximum atomic E-state index is 12.2. The highest BCUT2D eigenvalue weighted by molar-refractivity contribution is 6.28. The molecule has 40 heavy (non-hydrogen) atoms. The normalized spacial score (nSPS) is 20.9. The van der Waals surface area contributed by atoms with Crippen LogP contribution in [0, 0.1) is 18.3 Å². The molecule has 12 nitrogen and oxygen atoms in total. The Balaban J connectivity index is 1.39. The van der Waals surface area contributed by atoms with Crippen molar-refractivity contribution in [1.29, 1.82) is 0 Å². The Bertz CT molecular complexity index is 1420. The zero-order valence-corrected chi connectivity index (χ0v) is 22.1. The highest BCUT2D eigenvalue weighted by Gasteiger charge is 2.50. The van der Waals surface area contributed by atoms with E-state index in [9.17, 15) is 24.9 Å². The molecule has 1 aliphatic carbocycles. The summed E-state index contributed by atoms with van der Waals surface area (Å²) in [5, 5.41) is 29.4. The summed E-state index contributed by atoms with van der Waals surface area (Å²) in [5.41, 5.74) is -1.14. The van der Waals surface area contributed by atoms with Crippen molar-refractivity contribution in [2.45, 2.75) is 49.7 Å². The smallest absolute Gasteiger partial charge is 0.348 e. The number of terminal acetylenes is 1. The van der Waals surface area contributed by atoms with Gasteiger partial charge in [-0.2, -0.15) is 9.97 Å². The van der Waals surface area contributed by atoms with E-state index in [1.165, 1.54) is 0 Å². The average molecular weight is 570 g/mol. The number of aliphatic hydroxyl groups excluding tert-OH is 1. The second-order valence-electron chi connectivity index (χ2n) is 9.84. The number of ether oxygens (including phenoxy) is 2. The molecule has 3 atom stereocenters. The number of aliphatic carboxylic acids is 2. The number of hydrogen-bond donors (Lipinski definition) is 3. The topological polar surface area (TPSA) is 160 Å². The maximum Gasteiger partial charge on any atom is 0.348 e. The molecule has 13 heteroatoms. The second kappa shape index (κ2) is 11.4. The number of rotatable bonds is 12. The summed E-state index contributed by atoms with van der Waals surface area (Å²) < 4.78 is 13.5. The van der Waals surface area contributed by atoms with Gasteiger partial charge in [-0.15, -0.1) is 12.3 Å². The minimum Gasteiger partial charge on any atom is -0.479 e. The third-order valence-electron chi connectivity index (χ3n) is 7.22. The van der Waals surface area contributed by atoms with Crippen LogP contribution in [0.25, 0.3) is 11.2 Å². The van der Waals surface area contributed by atoms with E-state index in [-0.39, 0.29) is 31.0 Å². The molecular formula is C27H28ClN5O7. The Morgan fingerprint density at radius 2 is 1.95 bits per heavy atom. The number of hydrogen-bond acceptors (Lipinski definition) is 9. The summed E-state index contributed by atoms with van der Waals surface area (Å²) in [5.74, 6) is -0.590. The van der Waals surface area contributed by atoms with Crippen molar-refractivity contribution in [2.75, 3.05) is 24.7 Å². The lowest BCUT2D eigenvalue weighted by molar-refractivity contribution is -0.188. The van der Waals surface area contributed by atoms with E-state index in [4.69, 9.17) is 27.5 Å². The molecule has 3 heterocycles. The summed E-state index contributed by atoms with van der Waals surface area (Å²) in [7, 11) is 0. The third kappa shape index (κ3) is 5.33. The van der Waals surface area contributed by atoms with E-state index < -0.39 is 35.8 Å². The predicted octanol–water partition coefficient (Wildman–Crippen LogP) is 2.14. The SMILES string of the molecule is C#CC1CC(n2cnc3c(N(CCO)C4CC4)nc(Cl)nc32)OC1COC(Cc1ccccc1)(C(=O)O)C(=O)O. The van der Waals surface area contributed by atoms with Crippen molar-refractivity contribution in [1.82, 2.24) is 19.5 Å². The van der Waals surface area contributed by atoms with Crippen molar-refractivity contribution in [3.8, 4) is 12.3 Å². The minimum absolute atomic E-state index is 0.00725. The number of fused-ring (bicyclic) bond motifs is 1. The lowest BCUT2D eigenvalue weighted by Crippen LogP contribution is -2.52. The minimum atomic E-state index is -2.53. The van der Waals surface area contributed by atoms with Crippen molar-refractivity contribution < 1.29 is 34.4 Å². The predicted molar refractivity (Wildman–Crippen MR) is 143 cm³/mol. The van der Waals surface area contributed by atoms with Crippen LogP contribution in [0.1, 0.15) is 31.1 Å². The summed E-state index contributed by atoms with van der Waals surface area (Å²) in [6.45, 7) is -0.0528. The van der Waals surface area contributed by atoms with Gasteiger partial charge in [0.05, 0.1) is 31.6 Å². The molecule has 210 valence electrons. The van der Waals surface area contributed by atoms with E-state index in [1.807, 2.05) is 4.90 Å². The number of benzene rings is 1. The fourth-order valence-electron chi connectivity index (χ4n) is 5.00. The van der Waals surface area contributed by atoms with Gasteiger partial charge < -0.3 is 29.7 Å². The number of aliphatic hydroxyl groups is 1. The Labute approximate surface area is 234 Å². The molecule has 1 aliphatic heterocycles. The molecule has 3 aromatic rings. The average Bonchev–Trinajstić information content (AvgIpc) is 3.56. The van der Waals surface area contributed by atoms with Crippen LogP contribution >= 0.6 is 11.6 Å². The van der Waals surface area contributed by atoms with Crippen LogP contribution in [0.2, 0.25) is 5.28 Å². The van der Waals surface area contributed by atoms with Crippen LogP contribution in [0.15, 0.2) is 36.7 Å². The third-order valence-corrected chi connectivity index (χ3v) is 7.39. The van der Waals surface area contributed by atoms with Gasteiger partial charge in [-0.25, -0.2) is 14.6 Å². The van der Waals surface area contributed by atoms with Gasteiger partial charge in [0, 0.05) is 25.4 Å². The first-order valence-corrected chi connectivity index (χ1v) is 13.2. The molecule has 0 spiro atoms. The first-order valence-electron chi connectivity index (χ1n) is 12.8. The fourth-order valence-corrected chi connectivity index (χ4v) is 5.16.